The Bertz CT molecular complexity index is 1420. The first-order valence-electron chi connectivity index (χ1n) is 12.8. The van der Waals surface area contributed by atoms with Crippen molar-refractivity contribution in [2.24, 2.45) is 0 Å². The quantitative estimate of drug-likeness (QED) is 0.262. The van der Waals surface area contributed by atoms with Gasteiger partial charge in [0.05, 0.1) is 11.9 Å². The first-order chi connectivity index (χ1) is 19.0. The summed E-state index contributed by atoms with van der Waals surface area (Å²) in [6, 6.07) is 18.0. The Hall–Kier alpha value is -3.14. The topological polar surface area (TPSA) is 86.8 Å². The summed E-state index contributed by atoms with van der Waals surface area (Å²) in [6.45, 7) is 1.68. The third-order valence-corrected chi connectivity index (χ3v) is 7.96. The van der Waals surface area contributed by atoms with Crippen LogP contribution >= 0.6 is 23.2 Å². The average molecular weight is 609 g/mol. The first-order valence-corrected chi connectivity index (χ1v) is 15.4. The molecule has 0 bridgehead atoms. The van der Waals surface area contributed by atoms with Crippen LogP contribution in [0.3, 0.4) is 0 Å². The lowest BCUT2D eigenvalue weighted by molar-refractivity contribution is -0.140. The van der Waals surface area contributed by atoms with Gasteiger partial charge in [-0.15, -0.1) is 0 Å². The highest BCUT2D eigenvalue weighted by Crippen LogP contribution is 2.25. The fraction of sp³-hybridized carbons (Fsp3) is 0.310. The number of carbonyl (C=O) groups is 2. The third-order valence-electron chi connectivity index (χ3n) is 6.23. The number of carbonyl (C=O) groups excluding carboxylic acids is 2. The Kier molecular flexibility index (Phi) is 11.4. The summed E-state index contributed by atoms with van der Waals surface area (Å²) >= 11 is 12.5. The fourth-order valence-electron chi connectivity index (χ4n) is 4.14. The molecular weight excluding hydrogens is 576 g/mol. The zero-order valence-electron chi connectivity index (χ0n) is 22.3. The van der Waals surface area contributed by atoms with E-state index in [1.165, 1.54) is 29.2 Å². The summed E-state index contributed by atoms with van der Waals surface area (Å²) < 4.78 is 40.3. The first kappa shape index (κ1) is 31.4. The molecule has 0 saturated heterocycles. The molecule has 0 radical (unpaired) electrons. The van der Waals surface area contributed by atoms with Gasteiger partial charge in [-0.05, 0) is 47.9 Å². The fourth-order valence-corrected chi connectivity index (χ4v) is 5.45. The van der Waals surface area contributed by atoms with Crippen molar-refractivity contribution < 1.29 is 22.4 Å². The van der Waals surface area contributed by atoms with Gasteiger partial charge in [0.25, 0.3) is 0 Å². The summed E-state index contributed by atoms with van der Waals surface area (Å²) in [5, 5.41) is 3.60. The number of sulfonamides is 1. The second kappa shape index (κ2) is 14.5. The van der Waals surface area contributed by atoms with Crippen molar-refractivity contribution in [1.29, 1.82) is 0 Å². The van der Waals surface area contributed by atoms with E-state index in [1.807, 2.05) is 37.3 Å². The zero-order valence-corrected chi connectivity index (χ0v) is 24.6. The minimum absolute atomic E-state index is 0.00710. The monoisotopic (exact) mass is 607 g/mol. The predicted octanol–water partition coefficient (Wildman–Crippen LogP) is 5.45. The van der Waals surface area contributed by atoms with Gasteiger partial charge >= 0.3 is 0 Å². The molecule has 0 saturated carbocycles. The van der Waals surface area contributed by atoms with E-state index in [0.717, 1.165) is 35.0 Å². The van der Waals surface area contributed by atoms with Crippen LogP contribution in [0.25, 0.3) is 0 Å². The minimum Gasteiger partial charge on any atom is -0.354 e. The second-order valence-electron chi connectivity index (χ2n) is 9.36. The molecule has 0 aliphatic rings. The minimum atomic E-state index is -4.00. The lowest BCUT2D eigenvalue weighted by Crippen LogP contribution is -2.53. The molecule has 0 aliphatic heterocycles. The van der Waals surface area contributed by atoms with Gasteiger partial charge in [0, 0.05) is 29.6 Å². The van der Waals surface area contributed by atoms with Gasteiger partial charge in [0.2, 0.25) is 21.8 Å². The van der Waals surface area contributed by atoms with E-state index in [0.29, 0.717) is 22.2 Å². The lowest BCUT2D eigenvalue weighted by Gasteiger charge is -2.33. The van der Waals surface area contributed by atoms with Crippen molar-refractivity contribution in [2.75, 3.05) is 23.7 Å². The third kappa shape index (κ3) is 8.94. The van der Waals surface area contributed by atoms with Crippen LogP contribution in [0.2, 0.25) is 10.0 Å². The summed E-state index contributed by atoms with van der Waals surface area (Å²) in [5.41, 5.74) is 1.33. The number of anilines is 1. The number of halogens is 3. The van der Waals surface area contributed by atoms with Crippen LogP contribution in [0.15, 0.2) is 72.8 Å². The van der Waals surface area contributed by atoms with E-state index in [2.05, 4.69) is 5.32 Å². The summed E-state index contributed by atoms with van der Waals surface area (Å²) in [5.74, 6) is -1.69. The van der Waals surface area contributed by atoms with Gasteiger partial charge in [-0.3, -0.25) is 13.9 Å². The van der Waals surface area contributed by atoms with Crippen LogP contribution in [-0.4, -0.2) is 50.5 Å². The van der Waals surface area contributed by atoms with Crippen LogP contribution in [0.4, 0.5) is 10.1 Å². The van der Waals surface area contributed by atoms with Crippen LogP contribution < -0.4 is 9.62 Å². The smallest absolute Gasteiger partial charge is 0.244 e. The molecule has 1 unspecified atom stereocenters. The maximum absolute atomic E-state index is 14.0. The van der Waals surface area contributed by atoms with Crippen molar-refractivity contribution in [2.45, 2.75) is 38.8 Å². The molecule has 0 spiro atoms. The highest BCUT2D eigenvalue weighted by Gasteiger charge is 2.33. The molecule has 3 aromatic rings. The highest BCUT2D eigenvalue weighted by atomic mass is 35.5. The Morgan fingerprint density at radius 3 is 2.35 bits per heavy atom. The number of nitrogens with zero attached hydrogens (tertiary/aromatic N) is 2. The number of hydrogen-bond donors (Lipinski definition) is 1. The lowest BCUT2D eigenvalue weighted by atomic mass is 10.0. The van der Waals surface area contributed by atoms with Crippen molar-refractivity contribution in [3.05, 3.63) is 99.8 Å². The Labute approximate surface area is 244 Å². The highest BCUT2D eigenvalue weighted by molar-refractivity contribution is 7.92. The number of unbranched alkanes of at least 4 members (excludes halogenated alkanes) is 1. The maximum Gasteiger partial charge on any atom is 0.244 e. The van der Waals surface area contributed by atoms with E-state index < -0.39 is 34.3 Å². The normalized spacial score (nSPS) is 12.0. The van der Waals surface area contributed by atoms with E-state index in [4.69, 9.17) is 23.2 Å². The molecule has 214 valence electrons. The van der Waals surface area contributed by atoms with Crippen molar-refractivity contribution in [3.63, 3.8) is 0 Å². The molecule has 2 amide bonds. The molecule has 11 heteroatoms. The van der Waals surface area contributed by atoms with E-state index in [-0.39, 0.29) is 24.6 Å². The Morgan fingerprint density at radius 1 is 1.00 bits per heavy atom. The molecule has 3 aromatic carbocycles. The van der Waals surface area contributed by atoms with Crippen LogP contribution in [0.1, 0.15) is 30.9 Å². The molecular formula is C29H32Cl2FN3O4S. The average Bonchev–Trinajstić information content (AvgIpc) is 2.90. The van der Waals surface area contributed by atoms with E-state index in [9.17, 15) is 22.4 Å². The van der Waals surface area contributed by atoms with Gasteiger partial charge in [-0.2, -0.15) is 0 Å². The molecule has 7 nitrogen and oxygen atoms in total. The SMILES string of the molecule is CCCCNC(=O)C(Cc1ccccc1)N(Cc1ccc(Cl)cc1Cl)C(=O)CN(c1cccc(F)c1)S(C)(=O)=O. The summed E-state index contributed by atoms with van der Waals surface area (Å²) in [6.07, 6.45) is 2.73. The molecule has 1 atom stereocenters. The summed E-state index contributed by atoms with van der Waals surface area (Å²) in [4.78, 5) is 28.9. The molecule has 3 rings (SSSR count). The molecule has 1 N–H and O–H groups in total. The molecule has 0 aromatic heterocycles. The number of nitrogens with one attached hydrogen (secondary N) is 1. The zero-order chi connectivity index (χ0) is 29.3. The van der Waals surface area contributed by atoms with Crippen molar-refractivity contribution in [3.8, 4) is 0 Å². The second-order valence-corrected chi connectivity index (χ2v) is 12.1. The van der Waals surface area contributed by atoms with Gasteiger partial charge < -0.3 is 10.2 Å². The Balaban J connectivity index is 2.06. The number of hydrogen-bond acceptors (Lipinski definition) is 4. The Morgan fingerprint density at radius 2 is 1.73 bits per heavy atom. The summed E-state index contributed by atoms with van der Waals surface area (Å²) in [7, 11) is -4.00. The van der Waals surface area contributed by atoms with Gasteiger partial charge in [0.1, 0.15) is 18.4 Å². The largest absolute Gasteiger partial charge is 0.354 e. The number of rotatable bonds is 13. The molecule has 40 heavy (non-hydrogen) atoms. The number of amides is 2. The standard InChI is InChI=1S/C29H32Cl2FN3O4S/c1-3-4-15-33-29(37)27(16-21-9-6-5-7-10-21)34(19-22-13-14-23(30)17-26(22)31)28(36)20-35(40(2,38)39)25-12-8-11-24(32)18-25/h5-14,17-18,27H,3-4,15-16,19-20H2,1-2H3,(H,33,37). The molecule has 0 aliphatic carbocycles. The van der Waals surface area contributed by atoms with Crippen molar-refractivity contribution >= 4 is 50.7 Å². The maximum atomic E-state index is 14.0. The molecule has 0 fully saturated rings. The number of benzene rings is 3. The van der Waals surface area contributed by atoms with Crippen LogP contribution in [0.5, 0.6) is 0 Å². The van der Waals surface area contributed by atoms with Gasteiger partial charge in [-0.1, -0.05) is 79.0 Å². The van der Waals surface area contributed by atoms with Gasteiger partial charge in [0.15, 0.2) is 0 Å². The van der Waals surface area contributed by atoms with E-state index >= 15 is 0 Å². The van der Waals surface area contributed by atoms with Crippen LogP contribution in [0, 0.1) is 5.82 Å². The molecule has 0 heterocycles. The van der Waals surface area contributed by atoms with Crippen LogP contribution in [-0.2, 0) is 32.6 Å². The van der Waals surface area contributed by atoms with Gasteiger partial charge in [-0.25, -0.2) is 12.8 Å². The predicted molar refractivity (Wildman–Crippen MR) is 157 cm³/mol. The van der Waals surface area contributed by atoms with Crippen molar-refractivity contribution in [1.82, 2.24) is 10.2 Å². The van der Waals surface area contributed by atoms with E-state index in [1.54, 1.807) is 12.1 Å².